The molecule has 0 spiro atoms. The average molecular weight is 428 g/mol. The van der Waals surface area contributed by atoms with Gasteiger partial charge < -0.3 is 20.0 Å². The van der Waals surface area contributed by atoms with Gasteiger partial charge in [0.2, 0.25) is 0 Å². The van der Waals surface area contributed by atoms with Crippen molar-refractivity contribution in [3.63, 3.8) is 0 Å². The van der Waals surface area contributed by atoms with Crippen molar-refractivity contribution >= 4 is 44.8 Å². The molecule has 7 heteroatoms. The van der Waals surface area contributed by atoms with E-state index in [1.54, 1.807) is 24.4 Å². The molecule has 0 unspecified atom stereocenters. The molecule has 1 aliphatic heterocycles. The molecular formula is C25H24N4O3. The number of phenolic OH excluding ortho intramolecular Hbond substituents is 1. The Morgan fingerprint density at radius 3 is 2.59 bits per heavy atom. The molecule has 7 nitrogen and oxygen atoms in total. The SMILES string of the molecule is CCNCCCn1cc(C2=C(c3c[nH]c4ccccc34)C(=O)NC2=O)c2ccc(O)cc21. The van der Waals surface area contributed by atoms with Crippen LogP contribution in [0.2, 0.25) is 0 Å². The van der Waals surface area contributed by atoms with Crippen molar-refractivity contribution in [2.45, 2.75) is 19.9 Å². The van der Waals surface area contributed by atoms with Crippen LogP contribution in [0.15, 0.2) is 54.9 Å². The predicted octanol–water partition coefficient (Wildman–Crippen LogP) is 3.40. The topological polar surface area (TPSA) is 99.2 Å². The van der Waals surface area contributed by atoms with Gasteiger partial charge in [-0.15, -0.1) is 0 Å². The number of aromatic hydroxyl groups is 1. The van der Waals surface area contributed by atoms with Crippen LogP contribution in [0, 0.1) is 0 Å². The Morgan fingerprint density at radius 2 is 1.78 bits per heavy atom. The highest BCUT2D eigenvalue weighted by Gasteiger charge is 2.35. The summed E-state index contributed by atoms with van der Waals surface area (Å²) < 4.78 is 2.04. The molecule has 4 aromatic rings. The summed E-state index contributed by atoms with van der Waals surface area (Å²) in [7, 11) is 0. The van der Waals surface area contributed by atoms with E-state index < -0.39 is 11.8 Å². The third kappa shape index (κ3) is 3.27. The Kier molecular flexibility index (Phi) is 5.03. The van der Waals surface area contributed by atoms with E-state index in [2.05, 4.69) is 22.5 Å². The van der Waals surface area contributed by atoms with Gasteiger partial charge in [-0.1, -0.05) is 25.1 Å². The quantitative estimate of drug-likeness (QED) is 0.268. The van der Waals surface area contributed by atoms with Crippen molar-refractivity contribution in [1.29, 1.82) is 0 Å². The highest BCUT2D eigenvalue weighted by Crippen LogP contribution is 2.38. The van der Waals surface area contributed by atoms with E-state index in [1.165, 1.54) is 0 Å². The summed E-state index contributed by atoms with van der Waals surface area (Å²) in [6, 6.07) is 12.8. The summed E-state index contributed by atoms with van der Waals surface area (Å²) in [6.07, 6.45) is 4.59. The van der Waals surface area contributed by atoms with E-state index in [1.807, 2.05) is 35.0 Å². The molecule has 5 rings (SSSR count). The van der Waals surface area contributed by atoms with Crippen LogP contribution >= 0.6 is 0 Å². The molecule has 2 aromatic heterocycles. The third-order valence-electron chi connectivity index (χ3n) is 5.93. The van der Waals surface area contributed by atoms with Gasteiger partial charge in [-0.2, -0.15) is 0 Å². The number of imide groups is 1. The van der Waals surface area contributed by atoms with E-state index in [0.717, 1.165) is 47.9 Å². The molecule has 0 atom stereocenters. The number of aromatic amines is 1. The van der Waals surface area contributed by atoms with Crippen LogP contribution in [0.1, 0.15) is 24.5 Å². The van der Waals surface area contributed by atoms with Gasteiger partial charge in [0.05, 0.1) is 16.7 Å². The number of carbonyl (C=O) groups is 2. The number of benzene rings is 2. The summed E-state index contributed by atoms with van der Waals surface area (Å²) in [6.45, 7) is 4.56. The van der Waals surface area contributed by atoms with Crippen molar-refractivity contribution in [2.24, 2.45) is 0 Å². The maximum atomic E-state index is 13.0. The Bertz CT molecular complexity index is 1390. The van der Waals surface area contributed by atoms with Gasteiger partial charge in [-0.3, -0.25) is 14.9 Å². The lowest BCUT2D eigenvalue weighted by Gasteiger charge is -2.06. The molecule has 0 saturated heterocycles. The number of fused-ring (bicyclic) bond motifs is 2. The fraction of sp³-hybridized carbons (Fsp3) is 0.200. The van der Waals surface area contributed by atoms with Crippen LogP contribution in [0.25, 0.3) is 33.0 Å². The number of rotatable bonds is 7. The molecule has 2 amide bonds. The third-order valence-corrected chi connectivity index (χ3v) is 5.93. The summed E-state index contributed by atoms with van der Waals surface area (Å²) in [5.74, 6) is -0.649. The summed E-state index contributed by atoms with van der Waals surface area (Å²) >= 11 is 0. The number of nitrogens with one attached hydrogen (secondary N) is 3. The van der Waals surface area contributed by atoms with Crippen LogP contribution in [0.3, 0.4) is 0 Å². The molecule has 0 saturated carbocycles. The van der Waals surface area contributed by atoms with Gasteiger partial charge in [-0.05, 0) is 37.7 Å². The fourth-order valence-corrected chi connectivity index (χ4v) is 4.46. The lowest BCUT2D eigenvalue weighted by atomic mass is 9.95. The number of nitrogens with zero attached hydrogens (tertiary/aromatic N) is 1. The number of para-hydroxylation sites is 1. The maximum Gasteiger partial charge on any atom is 0.259 e. The first-order valence-corrected chi connectivity index (χ1v) is 10.8. The molecule has 0 bridgehead atoms. The number of hydrogen-bond donors (Lipinski definition) is 4. The lowest BCUT2D eigenvalue weighted by Crippen LogP contribution is -2.22. The molecule has 3 heterocycles. The maximum absolute atomic E-state index is 13.0. The highest BCUT2D eigenvalue weighted by molar-refractivity contribution is 6.50. The molecule has 2 aromatic carbocycles. The average Bonchev–Trinajstić information content (AvgIpc) is 3.44. The van der Waals surface area contributed by atoms with Crippen LogP contribution < -0.4 is 10.6 Å². The smallest absolute Gasteiger partial charge is 0.259 e. The Balaban J connectivity index is 1.70. The first-order valence-electron chi connectivity index (χ1n) is 10.8. The minimum absolute atomic E-state index is 0.160. The summed E-state index contributed by atoms with van der Waals surface area (Å²) in [4.78, 5) is 29.1. The molecular weight excluding hydrogens is 404 g/mol. The van der Waals surface area contributed by atoms with Crippen LogP contribution in [-0.4, -0.2) is 39.6 Å². The normalized spacial score (nSPS) is 14.2. The van der Waals surface area contributed by atoms with Crippen molar-refractivity contribution in [2.75, 3.05) is 13.1 Å². The molecule has 0 radical (unpaired) electrons. The fourth-order valence-electron chi connectivity index (χ4n) is 4.46. The summed E-state index contributed by atoms with van der Waals surface area (Å²) in [5, 5.41) is 17.6. The van der Waals surface area contributed by atoms with Gasteiger partial charge in [0.15, 0.2) is 0 Å². The minimum Gasteiger partial charge on any atom is -0.508 e. The Labute approximate surface area is 184 Å². The van der Waals surface area contributed by atoms with E-state index in [0.29, 0.717) is 22.3 Å². The van der Waals surface area contributed by atoms with Crippen molar-refractivity contribution in [3.8, 4) is 5.75 Å². The molecule has 0 fully saturated rings. The zero-order valence-corrected chi connectivity index (χ0v) is 17.7. The standard InChI is InChI=1S/C25H24N4O3/c1-2-26-10-5-11-29-14-19(17-9-8-15(30)12-21(17)29)23-22(24(31)28-25(23)32)18-13-27-20-7-4-3-6-16(18)20/h3-4,6-9,12-14,26-27,30H,2,5,10-11H2,1H3,(H,28,31,32). The Morgan fingerprint density at radius 1 is 1.00 bits per heavy atom. The van der Waals surface area contributed by atoms with E-state index >= 15 is 0 Å². The molecule has 4 N–H and O–H groups in total. The largest absolute Gasteiger partial charge is 0.508 e. The number of amides is 2. The number of hydrogen-bond acceptors (Lipinski definition) is 4. The second-order valence-corrected chi connectivity index (χ2v) is 7.93. The van der Waals surface area contributed by atoms with E-state index in [-0.39, 0.29) is 5.75 Å². The Hall–Kier alpha value is -3.84. The number of H-pyrrole nitrogens is 1. The number of carbonyl (C=O) groups excluding carboxylic acids is 2. The van der Waals surface area contributed by atoms with Gasteiger partial charge >= 0.3 is 0 Å². The van der Waals surface area contributed by atoms with Crippen molar-refractivity contribution < 1.29 is 14.7 Å². The number of aromatic nitrogens is 2. The second kappa shape index (κ2) is 8.01. The lowest BCUT2D eigenvalue weighted by molar-refractivity contribution is -0.122. The molecule has 0 aliphatic carbocycles. The molecule has 32 heavy (non-hydrogen) atoms. The first kappa shape index (κ1) is 20.1. The van der Waals surface area contributed by atoms with Gasteiger partial charge in [0.1, 0.15) is 5.75 Å². The predicted molar refractivity (Wildman–Crippen MR) is 125 cm³/mol. The highest BCUT2D eigenvalue weighted by atomic mass is 16.3. The van der Waals surface area contributed by atoms with E-state index in [4.69, 9.17) is 0 Å². The monoisotopic (exact) mass is 428 g/mol. The summed E-state index contributed by atoms with van der Waals surface area (Å²) in [5.41, 5.74) is 3.85. The number of phenols is 1. The zero-order valence-electron chi connectivity index (χ0n) is 17.7. The molecule has 1 aliphatic rings. The van der Waals surface area contributed by atoms with Crippen LogP contribution in [-0.2, 0) is 16.1 Å². The van der Waals surface area contributed by atoms with Gasteiger partial charge in [-0.25, -0.2) is 0 Å². The van der Waals surface area contributed by atoms with E-state index in [9.17, 15) is 14.7 Å². The molecule has 162 valence electrons. The van der Waals surface area contributed by atoms with Crippen molar-refractivity contribution in [3.05, 3.63) is 66.0 Å². The van der Waals surface area contributed by atoms with Gasteiger partial charge in [0.25, 0.3) is 11.8 Å². The van der Waals surface area contributed by atoms with Crippen LogP contribution in [0.4, 0.5) is 0 Å². The van der Waals surface area contributed by atoms with Crippen molar-refractivity contribution in [1.82, 2.24) is 20.2 Å². The minimum atomic E-state index is -0.407. The number of aryl methyl sites for hydroxylation is 1. The van der Waals surface area contributed by atoms with Gasteiger partial charge in [0, 0.05) is 52.4 Å². The zero-order chi connectivity index (χ0) is 22.2. The first-order chi connectivity index (χ1) is 15.6. The van der Waals surface area contributed by atoms with Crippen LogP contribution in [0.5, 0.6) is 5.75 Å². The second-order valence-electron chi connectivity index (χ2n) is 7.93.